The van der Waals surface area contributed by atoms with Gasteiger partial charge in [-0.15, -0.1) is 0 Å². The maximum Gasteiger partial charge on any atom is 0.0710 e. The van der Waals surface area contributed by atoms with Gasteiger partial charge >= 0.3 is 0 Å². The molecule has 0 radical (unpaired) electrons. The average Bonchev–Trinajstić information content (AvgIpc) is 2.65. The minimum atomic E-state index is 0.474. The van der Waals surface area contributed by atoms with Crippen LogP contribution in [0.25, 0.3) is 0 Å². The highest BCUT2D eigenvalue weighted by molar-refractivity contribution is 4.75. The smallest absolute Gasteiger partial charge is 0.0710 e. The van der Waals surface area contributed by atoms with E-state index in [-0.39, 0.29) is 0 Å². The van der Waals surface area contributed by atoms with Crippen LogP contribution in [0.5, 0.6) is 0 Å². The van der Waals surface area contributed by atoms with E-state index < -0.39 is 0 Å². The first-order valence-electron chi connectivity index (χ1n) is 5.71. The predicted molar refractivity (Wildman–Crippen MR) is 59.3 cm³/mol. The lowest BCUT2D eigenvalue weighted by Gasteiger charge is -2.16. The molecule has 0 bridgehead atoms. The van der Waals surface area contributed by atoms with Crippen LogP contribution in [-0.2, 0) is 4.74 Å². The lowest BCUT2D eigenvalue weighted by molar-refractivity contribution is 0.108. The van der Waals surface area contributed by atoms with Crippen molar-refractivity contribution in [2.24, 2.45) is 11.7 Å². The number of rotatable bonds is 6. The number of methoxy groups -OCH3 is 1. The van der Waals surface area contributed by atoms with Crippen molar-refractivity contribution in [3.8, 4) is 0 Å². The van der Waals surface area contributed by atoms with Crippen LogP contribution in [0.1, 0.15) is 26.2 Å². The van der Waals surface area contributed by atoms with Crippen LogP contribution in [0.3, 0.4) is 0 Å². The molecule has 1 aliphatic heterocycles. The zero-order valence-corrected chi connectivity index (χ0v) is 9.54. The van der Waals surface area contributed by atoms with E-state index in [0.717, 1.165) is 13.1 Å². The first-order chi connectivity index (χ1) is 6.76. The fourth-order valence-electron chi connectivity index (χ4n) is 1.97. The summed E-state index contributed by atoms with van der Waals surface area (Å²) in [5, 5.41) is 0. The molecule has 1 aliphatic rings. The maximum absolute atomic E-state index is 5.58. The van der Waals surface area contributed by atoms with Gasteiger partial charge in [-0.25, -0.2) is 0 Å². The second-order valence-electron chi connectivity index (χ2n) is 4.43. The highest BCUT2D eigenvalue weighted by Crippen LogP contribution is 2.13. The van der Waals surface area contributed by atoms with E-state index in [1.54, 1.807) is 0 Å². The fraction of sp³-hybridized carbons (Fsp3) is 1.00. The van der Waals surface area contributed by atoms with E-state index in [1.165, 1.54) is 32.4 Å². The summed E-state index contributed by atoms with van der Waals surface area (Å²) >= 11 is 0. The molecule has 0 saturated carbocycles. The second kappa shape index (κ2) is 6.38. The normalized spacial score (nSPS) is 25.5. The molecule has 1 heterocycles. The highest BCUT2D eigenvalue weighted by Gasteiger charge is 2.21. The van der Waals surface area contributed by atoms with Gasteiger partial charge in [0.1, 0.15) is 0 Å². The second-order valence-corrected chi connectivity index (χ2v) is 4.43. The molecule has 0 spiro atoms. The Morgan fingerprint density at radius 3 is 2.93 bits per heavy atom. The third-order valence-electron chi connectivity index (χ3n) is 3.14. The number of hydrogen-bond acceptors (Lipinski definition) is 3. The Kier molecular flexibility index (Phi) is 5.45. The van der Waals surface area contributed by atoms with Gasteiger partial charge in [0.2, 0.25) is 0 Å². The third kappa shape index (κ3) is 3.95. The summed E-state index contributed by atoms with van der Waals surface area (Å²) in [4.78, 5) is 2.50. The largest absolute Gasteiger partial charge is 0.380 e. The van der Waals surface area contributed by atoms with Crippen molar-refractivity contribution in [1.82, 2.24) is 4.90 Å². The Morgan fingerprint density at radius 1 is 1.57 bits per heavy atom. The number of nitrogens with two attached hydrogens (primary N) is 1. The molecule has 1 fully saturated rings. The van der Waals surface area contributed by atoms with Crippen molar-refractivity contribution in [1.29, 1.82) is 0 Å². The monoisotopic (exact) mass is 200 g/mol. The summed E-state index contributed by atoms with van der Waals surface area (Å²) in [5.41, 5.74) is 5.58. The van der Waals surface area contributed by atoms with E-state index in [1.807, 2.05) is 7.11 Å². The van der Waals surface area contributed by atoms with Gasteiger partial charge in [0.05, 0.1) is 6.10 Å². The van der Waals surface area contributed by atoms with Gasteiger partial charge in [-0.2, -0.15) is 0 Å². The SMILES string of the molecule is COC1CCN(CCCC(C)CN)C1. The first kappa shape index (κ1) is 12.0. The Morgan fingerprint density at radius 2 is 2.36 bits per heavy atom. The summed E-state index contributed by atoms with van der Waals surface area (Å²) in [7, 11) is 1.81. The summed E-state index contributed by atoms with van der Waals surface area (Å²) in [6.45, 7) is 6.58. The Balaban J connectivity index is 2.03. The lowest BCUT2D eigenvalue weighted by Crippen LogP contribution is -2.24. The zero-order chi connectivity index (χ0) is 10.4. The Hall–Kier alpha value is -0.120. The molecular formula is C11H24N2O. The van der Waals surface area contributed by atoms with Crippen molar-refractivity contribution in [3.05, 3.63) is 0 Å². The van der Waals surface area contributed by atoms with Crippen molar-refractivity contribution in [2.75, 3.05) is 33.3 Å². The van der Waals surface area contributed by atoms with Crippen molar-refractivity contribution >= 4 is 0 Å². The van der Waals surface area contributed by atoms with Crippen LogP contribution in [0, 0.1) is 5.92 Å². The van der Waals surface area contributed by atoms with Crippen molar-refractivity contribution in [2.45, 2.75) is 32.3 Å². The molecule has 0 aliphatic carbocycles. The van der Waals surface area contributed by atoms with Crippen molar-refractivity contribution in [3.63, 3.8) is 0 Å². The number of likely N-dealkylation sites (tertiary alicyclic amines) is 1. The first-order valence-corrected chi connectivity index (χ1v) is 5.71. The van der Waals surface area contributed by atoms with Crippen LogP contribution in [0.4, 0.5) is 0 Å². The van der Waals surface area contributed by atoms with Crippen LogP contribution in [-0.4, -0.2) is 44.3 Å². The molecule has 1 rings (SSSR count). The molecule has 0 aromatic heterocycles. The predicted octanol–water partition coefficient (Wildman–Crippen LogP) is 1.08. The molecule has 14 heavy (non-hydrogen) atoms. The summed E-state index contributed by atoms with van der Waals surface area (Å²) in [6.07, 6.45) is 4.20. The Labute approximate surface area is 87.6 Å². The highest BCUT2D eigenvalue weighted by atomic mass is 16.5. The number of hydrogen-bond donors (Lipinski definition) is 1. The van der Waals surface area contributed by atoms with E-state index in [2.05, 4.69) is 11.8 Å². The summed E-state index contributed by atoms with van der Waals surface area (Å²) < 4.78 is 5.33. The zero-order valence-electron chi connectivity index (χ0n) is 9.54. The van der Waals surface area contributed by atoms with E-state index in [0.29, 0.717) is 12.0 Å². The standard InChI is InChI=1S/C11H24N2O/c1-10(8-12)4-3-6-13-7-5-11(9-13)14-2/h10-11H,3-9,12H2,1-2H3. The van der Waals surface area contributed by atoms with Crippen LogP contribution in [0.2, 0.25) is 0 Å². The molecule has 3 heteroatoms. The van der Waals surface area contributed by atoms with Gasteiger partial charge in [-0.05, 0) is 38.3 Å². The number of nitrogens with zero attached hydrogens (tertiary/aromatic N) is 1. The molecule has 2 N–H and O–H groups in total. The average molecular weight is 200 g/mol. The molecule has 84 valence electrons. The topological polar surface area (TPSA) is 38.5 Å². The molecule has 1 saturated heterocycles. The van der Waals surface area contributed by atoms with Gasteiger partial charge in [-0.1, -0.05) is 6.92 Å². The Bertz CT molecular complexity index is 152. The van der Waals surface area contributed by atoms with Crippen LogP contribution in [0.15, 0.2) is 0 Å². The molecule has 0 amide bonds. The van der Waals surface area contributed by atoms with Crippen molar-refractivity contribution < 1.29 is 4.74 Å². The lowest BCUT2D eigenvalue weighted by atomic mass is 10.1. The van der Waals surface area contributed by atoms with Gasteiger partial charge in [-0.3, -0.25) is 0 Å². The summed E-state index contributed by atoms with van der Waals surface area (Å²) in [5.74, 6) is 0.677. The van der Waals surface area contributed by atoms with E-state index >= 15 is 0 Å². The van der Waals surface area contributed by atoms with Crippen LogP contribution < -0.4 is 5.73 Å². The maximum atomic E-state index is 5.58. The molecular weight excluding hydrogens is 176 g/mol. The molecule has 2 atom stereocenters. The third-order valence-corrected chi connectivity index (χ3v) is 3.14. The van der Waals surface area contributed by atoms with Gasteiger partial charge in [0.25, 0.3) is 0 Å². The van der Waals surface area contributed by atoms with Gasteiger partial charge < -0.3 is 15.4 Å². The van der Waals surface area contributed by atoms with Crippen LogP contribution >= 0.6 is 0 Å². The molecule has 0 aromatic rings. The van der Waals surface area contributed by atoms with E-state index in [4.69, 9.17) is 10.5 Å². The quantitative estimate of drug-likeness (QED) is 0.697. The minimum absolute atomic E-state index is 0.474. The molecule has 3 nitrogen and oxygen atoms in total. The number of ether oxygens (including phenoxy) is 1. The minimum Gasteiger partial charge on any atom is -0.380 e. The fourth-order valence-corrected chi connectivity index (χ4v) is 1.97. The molecule has 2 unspecified atom stereocenters. The van der Waals surface area contributed by atoms with Gasteiger partial charge in [0, 0.05) is 20.2 Å². The van der Waals surface area contributed by atoms with E-state index in [9.17, 15) is 0 Å². The molecule has 0 aromatic carbocycles. The summed E-state index contributed by atoms with van der Waals surface area (Å²) in [6, 6.07) is 0. The van der Waals surface area contributed by atoms with Gasteiger partial charge in [0.15, 0.2) is 0 Å².